The van der Waals surface area contributed by atoms with Crippen molar-refractivity contribution in [3.05, 3.63) is 65.2 Å². The van der Waals surface area contributed by atoms with Crippen molar-refractivity contribution in [2.75, 3.05) is 13.7 Å². The Morgan fingerprint density at radius 3 is 2.71 bits per heavy atom. The topological polar surface area (TPSA) is 29.5 Å². The van der Waals surface area contributed by atoms with Gasteiger partial charge < -0.3 is 9.64 Å². The summed E-state index contributed by atoms with van der Waals surface area (Å²) in [6, 6.07) is 16.8. The smallest absolute Gasteiger partial charge is 0.223 e. The number of carbonyl (C=O) groups is 1. The summed E-state index contributed by atoms with van der Waals surface area (Å²) in [6.07, 6.45) is 3.50. The Morgan fingerprint density at radius 1 is 1.21 bits per heavy atom. The zero-order valence-electron chi connectivity index (χ0n) is 14.5. The fourth-order valence-corrected chi connectivity index (χ4v) is 3.48. The van der Waals surface area contributed by atoms with Gasteiger partial charge in [0.15, 0.2) is 0 Å². The van der Waals surface area contributed by atoms with Crippen LogP contribution in [-0.2, 0) is 11.2 Å². The van der Waals surface area contributed by atoms with Gasteiger partial charge in [0, 0.05) is 13.0 Å². The van der Waals surface area contributed by atoms with Crippen LogP contribution < -0.4 is 4.74 Å². The third-order valence-electron chi connectivity index (χ3n) is 4.79. The van der Waals surface area contributed by atoms with Crippen LogP contribution in [0.25, 0.3) is 0 Å². The van der Waals surface area contributed by atoms with Crippen molar-refractivity contribution >= 4 is 5.91 Å². The molecular formula is C21H25NO2. The molecule has 2 aromatic carbocycles. The lowest BCUT2D eigenvalue weighted by Gasteiger charge is -2.25. The highest BCUT2D eigenvalue weighted by atomic mass is 16.5. The van der Waals surface area contributed by atoms with Gasteiger partial charge in [-0.05, 0) is 49.4 Å². The first-order valence-corrected chi connectivity index (χ1v) is 8.66. The van der Waals surface area contributed by atoms with Crippen LogP contribution in [0.1, 0.15) is 42.0 Å². The molecule has 1 saturated heterocycles. The second-order valence-corrected chi connectivity index (χ2v) is 6.51. The van der Waals surface area contributed by atoms with E-state index >= 15 is 0 Å². The number of carbonyl (C=O) groups excluding carboxylic acids is 1. The summed E-state index contributed by atoms with van der Waals surface area (Å²) in [5.74, 6) is 1.11. The van der Waals surface area contributed by atoms with Crippen molar-refractivity contribution in [3.8, 4) is 5.75 Å². The van der Waals surface area contributed by atoms with Crippen LogP contribution in [0.5, 0.6) is 5.75 Å². The molecule has 1 fully saturated rings. The number of aryl methyl sites for hydroxylation is 2. The Balaban J connectivity index is 1.63. The quantitative estimate of drug-likeness (QED) is 0.821. The molecule has 3 nitrogen and oxygen atoms in total. The average Bonchev–Trinajstić information content (AvgIpc) is 3.10. The maximum atomic E-state index is 12.7. The molecule has 24 heavy (non-hydrogen) atoms. The molecule has 3 rings (SSSR count). The summed E-state index contributed by atoms with van der Waals surface area (Å²) in [5, 5.41) is 0. The Bertz CT molecular complexity index is 693. The Labute approximate surface area is 144 Å². The van der Waals surface area contributed by atoms with Crippen molar-refractivity contribution in [1.82, 2.24) is 4.90 Å². The molecular weight excluding hydrogens is 298 g/mol. The highest BCUT2D eigenvalue weighted by molar-refractivity contribution is 5.77. The summed E-state index contributed by atoms with van der Waals surface area (Å²) in [5.41, 5.74) is 3.70. The van der Waals surface area contributed by atoms with E-state index in [-0.39, 0.29) is 11.9 Å². The molecule has 0 unspecified atom stereocenters. The minimum Gasteiger partial charge on any atom is -0.497 e. The van der Waals surface area contributed by atoms with Crippen LogP contribution in [0, 0.1) is 6.92 Å². The van der Waals surface area contributed by atoms with Gasteiger partial charge in [-0.1, -0.05) is 42.0 Å². The molecule has 0 radical (unpaired) electrons. The van der Waals surface area contributed by atoms with Crippen LogP contribution >= 0.6 is 0 Å². The SMILES string of the molecule is COc1ccc(CCC(=O)N2CCC[C@@H]2c2cccc(C)c2)cc1. The Kier molecular flexibility index (Phi) is 5.19. The number of likely N-dealkylation sites (tertiary alicyclic amines) is 1. The van der Waals surface area contributed by atoms with E-state index in [1.165, 1.54) is 16.7 Å². The zero-order chi connectivity index (χ0) is 16.9. The van der Waals surface area contributed by atoms with Gasteiger partial charge in [-0.15, -0.1) is 0 Å². The summed E-state index contributed by atoms with van der Waals surface area (Å²) in [7, 11) is 1.66. The summed E-state index contributed by atoms with van der Waals surface area (Å²) in [4.78, 5) is 14.8. The first-order valence-electron chi connectivity index (χ1n) is 8.66. The molecule has 2 aromatic rings. The minimum absolute atomic E-state index is 0.244. The molecule has 1 atom stereocenters. The number of hydrogen-bond donors (Lipinski definition) is 0. The predicted molar refractivity (Wildman–Crippen MR) is 96.2 cm³/mol. The predicted octanol–water partition coefficient (Wildman–Crippen LogP) is 4.30. The van der Waals surface area contributed by atoms with Crippen molar-refractivity contribution in [1.29, 1.82) is 0 Å². The van der Waals surface area contributed by atoms with Crippen molar-refractivity contribution in [2.45, 2.75) is 38.6 Å². The third kappa shape index (κ3) is 3.78. The van der Waals surface area contributed by atoms with Gasteiger partial charge in [0.1, 0.15) is 5.75 Å². The Hall–Kier alpha value is -2.29. The number of amides is 1. The average molecular weight is 323 g/mol. The van der Waals surface area contributed by atoms with E-state index in [9.17, 15) is 4.79 Å². The first kappa shape index (κ1) is 16.6. The van der Waals surface area contributed by atoms with Crippen LogP contribution in [0.4, 0.5) is 0 Å². The maximum Gasteiger partial charge on any atom is 0.223 e. The van der Waals surface area contributed by atoms with Gasteiger partial charge in [0.25, 0.3) is 0 Å². The maximum absolute atomic E-state index is 12.7. The highest BCUT2D eigenvalue weighted by Gasteiger charge is 2.29. The number of ether oxygens (including phenoxy) is 1. The molecule has 1 heterocycles. The number of rotatable bonds is 5. The van der Waals surface area contributed by atoms with Crippen molar-refractivity contribution in [2.24, 2.45) is 0 Å². The fourth-order valence-electron chi connectivity index (χ4n) is 3.48. The second kappa shape index (κ2) is 7.52. The molecule has 1 amide bonds. The molecule has 126 valence electrons. The van der Waals surface area contributed by atoms with Crippen LogP contribution in [0.3, 0.4) is 0 Å². The molecule has 0 saturated carbocycles. The van der Waals surface area contributed by atoms with Crippen LogP contribution in [-0.4, -0.2) is 24.5 Å². The fraction of sp³-hybridized carbons (Fsp3) is 0.381. The second-order valence-electron chi connectivity index (χ2n) is 6.51. The van der Waals surface area contributed by atoms with E-state index in [1.807, 2.05) is 24.3 Å². The van der Waals surface area contributed by atoms with Crippen LogP contribution in [0.2, 0.25) is 0 Å². The molecule has 1 aliphatic heterocycles. The van der Waals surface area contributed by atoms with E-state index in [2.05, 4.69) is 36.1 Å². The third-order valence-corrected chi connectivity index (χ3v) is 4.79. The van der Waals surface area contributed by atoms with E-state index in [1.54, 1.807) is 7.11 Å². The molecule has 0 bridgehead atoms. The summed E-state index contributed by atoms with van der Waals surface area (Å²) < 4.78 is 5.17. The first-order chi connectivity index (χ1) is 11.7. The number of hydrogen-bond acceptors (Lipinski definition) is 2. The van der Waals surface area contributed by atoms with Crippen LogP contribution in [0.15, 0.2) is 48.5 Å². The van der Waals surface area contributed by atoms with E-state index in [0.717, 1.165) is 31.6 Å². The monoisotopic (exact) mass is 323 g/mol. The number of benzene rings is 2. The highest BCUT2D eigenvalue weighted by Crippen LogP contribution is 2.32. The van der Waals surface area contributed by atoms with E-state index in [4.69, 9.17) is 4.74 Å². The molecule has 0 N–H and O–H groups in total. The molecule has 0 spiro atoms. The van der Waals surface area contributed by atoms with E-state index < -0.39 is 0 Å². The minimum atomic E-state index is 0.244. The summed E-state index contributed by atoms with van der Waals surface area (Å²) >= 11 is 0. The lowest BCUT2D eigenvalue weighted by atomic mass is 10.0. The normalized spacial score (nSPS) is 17.1. The molecule has 0 aromatic heterocycles. The zero-order valence-corrected chi connectivity index (χ0v) is 14.5. The van der Waals surface area contributed by atoms with Crippen molar-refractivity contribution in [3.63, 3.8) is 0 Å². The Morgan fingerprint density at radius 2 is 2.00 bits per heavy atom. The number of nitrogens with zero attached hydrogens (tertiary/aromatic N) is 1. The van der Waals surface area contributed by atoms with Gasteiger partial charge in [-0.3, -0.25) is 4.79 Å². The van der Waals surface area contributed by atoms with Gasteiger partial charge in [0.2, 0.25) is 5.91 Å². The number of methoxy groups -OCH3 is 1. The standard InChI is InChI=1S/C21H25NO2/c1-16-5-3-6-18(15-16)20-7-4-14-22(20)21(23)13-10-17-8-11-19(24-2)12-9-17/h3,5-6,8-9,11-12,15,20H,4,7,10,13-14H2,1-2H3/t20-/m1/s1. The lowest BCUT2D eigenvalue weighted by Crippen LogP contribution is -2.30. The molecule has 3 heteroatoms. The van der Waals surface area contributed by atoms with Gasteiger partial charge in [-0.2, -0.15) is 0 Å². The van der Waals surface area contributed by atoms with Gasteiger partial charge >= 0.3 is 0 Å². The van der Waals surface area contributed by atoms with Crippen molar-refractivity contribution < 1.29 is 9.53 Å². The van der Waals surface area contributed by atoms with Gasteiger partial charge in [-0.25, -0.2) is 0 Å². The summed E-state index contributed by atoms with van der Waals surface area (Å²) in [6.45, 7) is 2.98. The molecule has 1 aliphatic rings. The largest absolute Gasteiger partial charge is 0.497 e. The van der Waals surface area contributed by atoms with E-state index in [0.29, 0.717) is 6.42 Å². The van der Waals surface area contributed by atoms with Gasteiger partial charge in [0.05, 0.1) is 13.2 Å². The molecule has 0 aliphatic carbocycles. The lowest BCUT2D eigenvalue weighted by molar-refractivity contribution is -0.132.